The lowest BCUT2D eigenvalue weighted by atomic mass is 10.3. The number of anilines is 1. The fourth-order valence-electron chi connectivity index (χ4n) is 2.53. The number of hydrogen-bond acceptors (Lipinski definition) is 3. The summed E-state index contributed by atoms with van der Waals surface area (Å²) in [5.74, 6) is -0.123. The Labute approximate surface area is 125 Å². The smallest absolute Gasteiger partial charge is 0.259 e. The molecule has 1 aliphatic carbocycles. The third kappa shape index (κ3) is 2.22. The Hall–Kier alpha value is -2.76. The van der Waals surface area contributed by atoms with Gasteiger partial charge in [0, 0.05) is 18.4 Å². The molecule has 2 heterocycles. The van der Waals surface area contributed by atoms with Gasteiger partial charge in [0.2, 0.25) is 5.95 Å². The Kier molecular flexibility index (Phi) is 2.89. The van der Waals surface area contributed by atoms with Gasteiger partial charge in [-0.3, -0.25) is 15.1 Å². The van der Waals surface area contributed by atoms with Crippen molar-refractivity contribution in [2.45, 2.75) is 18.9 Å². The lowest BCUT2D eigenvalue weighted by molar-refractivity contribution is 0.102. The zero-order valence-electron chi connectivity index (χ0n) is 11.7. The third-order valence-corrected chi connectivity index (χ3v) is 3.71. The molecule has 0 spiro atoms. The molecular weight excluding hydrogens is 283 g/mol. The lowest BCUT2D eigenvalue weighted by Gasteiger charge is -2.08. The van der Waals surface area contributed by atoms with E-state index < -0.39 is 0 Å². The average molecular weight is 296 g/mol. The number of carbonyl (C=O) groups excluding carboxylic acids is 1. The molecule has 1 aliphatic rings. The molecule has 1 saturated carbocycles. The number of pyridine rings is 1. The van der Waals surface area contributed by atoms with Crippen LogP contribution < -0.4 is 5.32 Å². The van der Waals surface area contributed by atoms with E-state index in [4.69, 9.17) is 0 Å². The van der Waals surface area contributed by atoms with E-state index in [9.17, 15) is 9.18 Å². The molecule has 0 saturated heterocycles. The van der Waals surface area contributed by atoms with Crippen LogP contribution in [0.15, 0.2) is 42.7 Å². The predicted molar refractivity (Wildman–Crippen MR) is 80.2 cm³/mol. The Morgan fingerprint density at radius 3 is 2.91 bits per heavy atom. The first kappa shape index (κ1) is 12.9. The van der Waals surface area contributed by atoms with Crippen molar-refractivity contribution in [3.05, 3.63) is 54.1 Å². The van der Waals surface area contributed by atoms with Crippen molar-refractivity contribution in [3.63, 3.8) is 0 Å². The fraction of sp³-hybridized carbons (Fsp3) is 0.188. The van der Waals surface area contributed by atoms with Gasteiger partial charge in [-0.25, -0.2) is 9.37 Å². The van der Waals surface area contributed by atoms with Crippen LogP contribution in [0.3, 0.4) is 0 Å². The highest BCUT2D eigenvalue weighted by molar-refractivity contribution is 6.03. The van der Waals surface area contributed by atoms with E-state index in [1.165, 1.54) is 18.3 Å². The number of imidazole rings is 1. The molecule has 110 valence electrons. The normalized spacial score (nSPS) is 14.2. The Morgan fingerprint density at radius 2 is 2.18 bits per heavy atom. The van der Waals surface area contributed by atoms with E-state index in [-0.39, 0.29) is 17.8 Å². The molecule has 1 N–H and O–H groups in total. The molecule has 0 radical (unpaired) electrons. The zero-order valence-corrected chi connectivity index (χ0v) is 11.7. The van der Waals surface area contributed by atoms with Crippen molar-refractivity contribution in [1.29, 1.82) is 0 Å². The van der Waals surface area contributed by atoms with E-state index >= 15 is 0 Å². The molecule has 22 heavy (non-hydrogen) atoms. The van der Waals surface area contributed by atoms with Crippen LogP contribution in [0.25, 0.3) is 11.0 Å². The van der Waals surface area contributed by atoms with Crippen molar-refractivity contribution < 1.29 is 9.18 Å². The van der Waals surface area contributed by atoms with Gasteiger partial charge in [0.15, 0.2) is 0 Å². The molecule has 6 heteroatoms. The quantitative estimate of drug-likeness (QED) is 0.807. The Bertz CT molecular complexity index is 855. The number of rotatable bonds is 3. The van der Waals surface area contributed by atoms with E-state index in [1.54, 1.807) is 24.4 Å². The van der Waals surface area contributed by atoms with Crippen LogP contribution in [0, 0.1) is 5.82 Å². The third-order valence-electron chi connectivity index (χ3n) is 3.71. The summed E-state index contributed by atoms with van der Waals surface area (Å²) in [5, 5.41) is 2.81. The zero-order chi connectivity index (χ0) is 15.1. The van der Waals surface area contributed by atoms with Crippen LogP contribution in [-0.4, -0.2) is 20.4 Å². The molecule has 4 rings (SSSR count). The second-order valence-corrected chi connectivity index (χ2v) is 5.37. The SMILES string of the molecule is O=C(Nc1nc2ccc(F)cc2n1C1CC1)c1cccnc1. The van der Waals surface area contributed by atoms with Gasteiger partial charge in [-0.15, -0.1) is 0 Å². The molecule has 0 unspecified atom stereocenters. The number of nitrogens with one attached hydrogen (secondary N) is 1. The number of amides is 1. The van der Waals surface area contributed by atoms with Crippen LogP contribution in [0.5, 0.6) is 0 Å². The summed E-state index contributed by atoms with van der Waals surface area (Å²) in [7, 11) is 0. The number of halogens is 1. The first-order chi connectivity index (χ1) is 10.7. The molecule has 0 atom stereocenters. The molecule has 1 fully saturated rings. The molecule has 1 aromatic carbocycles. The minimum Gasteiger partial charge on any atom is -0.307 e. The van der Waals surface area contributed by atoms with E-state index in [0.717, 1.165) is 12.8 Å². The lowest BCUT2D eigenvalue weighted by Crippen LogP contribution is -2.15. The van der Waals surface area contributed by atoms with Gasteiger partial charge in [-0.1, -0.05) is 0 Å². The number of hydrogen-bond donors (Lipinski definition) is 1. The van der Waals surface area contributed by atoms with Crippen LogP contribution in [0.1, 0.15) is 29.2 Å². The predicted octanol–water partition coefficient (Wildman–Crippen LogP) is 3.16. The number of nitrogens with zero attached hydrogens (tertiary/aromatic N) is 3. The van der Waals surface area contributed by atoms with Crippen LogP contribution in [-0.2, 0) is 0 Å². The van der Waals surface area contributed by atoms with E-state index in [0.29, 0.717) is 22.5 Å². The van der Waals surface area contributed by atoms with Gasteiger partial charge < -0.3 is 4.57 Å². The number of fused-ring (bicyclic) bond motifs is 1. The van der Waals surface area contributed by atoms with Gasteiger partial charge in [-0.2, -0.15) is 0 Å². The summed E-state index contributed by atoms with van der Waals surface area (Å²) in [6.45, 7) is 0. The standard InChI is InChI=1S/C16H13FN4O/c17-11-3-6-13-14(8-11)21(12-4-5-12)16(19-13)20-15(22)10-2-1-7-18-9-10/h1-3,6-9,12H,4-5H2,(H,19,20,22). The maximum Gasteiger partial charge on any atom is 0.259 e. The van der Waals surface area contributed by atoms with Crippen LogP contribution in [0.4, 0.5) is 10.3 Å². The number of aromatic nitrogens is 3. The van der Waals surface area contributed by atoms with Crippen LogP contribution >= 0.6 is 0 Å². The summed E-state index contributed by atoms with van der Waals surface area (Å²) in [4.78, 5) is 20.6. The summed E-state index contributed by atoms with van der Waals surface area (Å²) in [5.41, 5.74) is 1.85. The van der Waals surface area contributed by atoms with Crippen molar-refractivity contribution in [2.75, 3.05) is 5.32 Å². The molecule has 3 aromatic rings. The number of carbonyl (C=O) groups is 1. The average Bonchev–Trinajstić information content (AvgIpc) is 3.30. The Balaban J connectivity index is 1.75. The summed E-state index contributed by atoms with van der Waals surface area (Å²) >= 11 is 0. The number of benzene rings is 1. The maximum atomic E-state index is 13.5. The van der Waals surface area contributed by atoms with Crippen molar-refractivity contribution >= 4 is 22.9 Å². The summed E-state index contributed by atoms with van der Waals surface area (Å²) < 4.78 is 15.4. The first-order valence-corrected chi connectivity index (χ1v) is 7.11. The molecule has 5 nitrogen and oxygen atoms in total. The maximum absolute atomic E-state index is 13.5. The Morgan fingerprint density at radius 1 is 1.32 bits per heavy atom. The van der Waals surface area contributed by atoms with Crippen molar-refractivity contribution in [2.24, 2.45) is 0 Å². The second-order valence-electron chi connectivity index (χ2n) is 5.37. The highest BCUT2D eigenvalue weighted by Crippen LogP contribution is 2.40. The second kappa shape index (κ2) is 4.91. The molecular formula is C16H13FN4O. The summed E-state index contributed by atoms with van der Waals surface area (Å²) in [6.07, 6.45) is 5.13. The van der Waals surface area contributed by atoms with Gasteiger partial charge in [0.25, 0.3) is 5.91 Å². The van der Waals surface area contributed by atoms with Gasteiger partial charge >= 0.3 is 0 Å². The van der Waals surface area contributed by atoms with Gasteiger partial charge in [0.1, 0.15) is 5.82 Å². The van der Waals surface area contributed by atoms with E-state index in [1.807, 2.05) is 4.57 Å². The molecule has 1 amide bonds. The minimum atomic E-state index is -0.306. The largest absolute Gasteiger partial charge is 0.307 e. The fourth-order valence-corrected chi connectivity index (χ4v) is 2.53. The van der Waals surface area contributed by atoms with Gasteiger partial charge in [0.05, 0.1) is 16.6 Å². The summed E-state index contributed by atoms with van der Waals surface area (Å²) in [6, 6.07) is 8.12. The topological polar surface area (TPSA) is 59.8 Å². The molecule has 0 bridgehead atoms. The van der Waals surface area contributed by atoms with Crippen LogP contribution in [0.2, 0.25) is 0 Å². The first-order valence-electron chi connectivity index (χ1n) is 7.11. The highest BCUT2D eigenvalue weighted by Gasteiger charge is 2.29. The van der Waals surface area contributed by atoms with E-state index in [2.05, 4.69) is 15.3 Å². The minimum absolute atomic E-state index is 0.272. The van der Waals surface area contributed by atoms with Gasteiger partial charge in [-0.05, 0) is 43.2 Å². The molecule has 0 aliphatic heterocycles. The van der Waals surface area contributed by atoms with Crippen molar-refractivity contribution in [1.82, 2.24) is 14.5 Å². The molecule has 2 aromatic heterocycles. The van der Waals surface area contributed by atoms with Crippen molar-refractivity contribution in [3.8, 4) is 0 Å². The monoisotopic (exact) mass is 296 g/mol. The highest BCUT2D eigenvalue weighted by atomic mass is 19.1.